The molecule has 0 N–H and O–H groups in total. The minimum absolute atomic E-state index is 0.464. The number of rotatable bonds is 2. The van der Waals surface area contributed by atoms with Crippen LogP contribution in [-0.2, 0) is 13.1 Å². The molecule has 0 radical (unpaired) electrons. The Morgan fingerprint density at radius 2 is 1.76 bits per heavy atom. The van der Waals surface area contributed by atoms with Crippen LogP contribution in [0.2, 0.25) is 0 Å². The lowest BCUT2D eigenvalue weighted by molar-refractivity contribution is 0.810. The van der Waals surface area contributed by atoms with Gasteiger partial charge in [-0.25, -0.2) is 0 Å². The fourth-order valence-corrected chi connectivity index (χ4v) is 2.90. The average Bonchev–Trinajstić information content (AvgIpc) is 2.95. The number of fused-ring (bicyclic) bond motifs is 1. The zero-order valence-electron chi connectivity index (χ0n) is 10.1. The van der Waals surface area contributed by atoms with Crippen LogP contribution >= 0.6 is 11.3 Å². The molecule has 0 atom stereocenters. The lowest BCUT2D eigenvalue weighted by Crippen LogP contribution is -2.13. The van der Waals surface area contributed by atoms with E-state index in [2.05, 4.69) is 53.2 Å². The number of aromatic nitrogens is 2. The van der Waals surface area contributed by atoms with Crippen molar-refractivity contribution in [3.8, 4) is 0 Å². The van der Waals surface area contributed by atoms with E-state index in [1.807, 2.05) is 0 Å². The van der Waals surface area contributed by atoms with Crippen LogP contribution in [0.25, 0.3) is 0 Å². The van der Waals surface area contributed by atoms with E-state index in [4.69, 9.17) is 0 Å². The summed E-state index contributed by atoms with van der Waals surface area (Å²) in [5.74, 6) is 0.464. The zero-order chi connectivity index (χ0) is 11.8. The van der Waals surface area contributed by atoms with Crippen molar-refractivity contribution in [2.45, 2.75) is 32.9 Å². The van der Waals surface area contributed by atoms with Gasteiger partial charge in [0.15, 0.2) is 0 Å². The minimum atomic E-state index is 0.464. The van der Waals surface area contributed by atoms with Crippen LogP contribution in [0.1, 0.15) is 35.9 Å². The lowest BCUT2D eigenvalue weighted by atomic mass is 10.1. The molecule has 0 spiro atoms. The largest absolute Gasteiger partial charge is 0.338 e. The number of hydrogen-bond donors (Lipinski definition) is 0. The minimum Gasteiger partial charge on any atom is -0.338 e. The fraction of sp³-hybridized carbons (Fsp3) is 0.385. The molecule has 1 aromatic carbocycles. The SMILES string of the molecule is CC(C)c1nnc(N2Cc3ccccc3C2)s1. The lowest BCUT2D eigenvalue weighted by Gasteiger charge is -2.11. The van der Waals surface area contributed by atoms with Gasteiger partial charge in [-0.2, -0.15) is 0 Å². The predicted molar refractivity (Wildman–Crippen MR) is 70.3 cm³/mol. The van der Waals surface area contributed by atoms with Gasteiger partial charge in [-0.15, -0.1) is 10.2 Å². The summed E-state index contributed by atoms with van der Waals surface area (Å²) < 4.78 is 0. The molecule has 0 amide bonds. The van der Waals surface area contributed by atoms with Gasteiger partial charge in [0.2, 0.25) is 5.13 Å². The Morgan fingerprint density at radius 1 is 1.12 bits per heavy atom. The summed E-state index contributed by atoms with van der Waals surface area (Å²) in [6.45, 7) is 6.23. The Hall–Kier alpha value is -1.42. The van der Waals surface area contributed by atoms with E-state index in [9.17, 15) is 0 Å². The quantitative estimate of drug-likeness (QED) is 0.813. The highest BCUT2D eigenvalue weighted by atomic mass is 32.1. The highest BCUT2D eigenvalue weighted by molar-refractivity contribution is 7.15. The van der Waals surface area contributed by atoms with E-state index in [-0.39, 0.29) is 0 Å². The van der Waals surface area contributed by atoms with Gasteiger partial charge in [-0.3, -0.25) is 0 Å². The molecule has 3 rings (SSSR count). The molecule has 0 saturated heterocycles. The van der Waals surface area contributed by atoms with Gasteiger partial charge in [0.1, 0.15) is 5.01 Å². The van der Waals surface area contributed by atoms with Crippen molar-refractivity contribution in [1.29, 1.82) is 0 Å². The number of benzene rings is 1. The molecule has 17 heavy (non-hydrogen) atoms. The molecule has 1 aromatic heterocycles. The van der Waals surface area contributed by atoms with Crippen molar-refractivity contribution in [1.82, 2.24) is 10.2 Å². The van der Waals surface area contributed by atoms with Crippen LogP contribution < -0.4 is 4.90 Å². The third-order valence-electron chi connectivity index (χ3n) is 3.04. The van der Waals surface area contributed by atoms with Gasteiger partial charge in [-0.1, -0.05) is 49.4 Å². The number of nitrogens with zero attached hydrogens (tertiary/aromatic N) is 3. The van der Waals surface area contributed by atoms with Crippen LogP contribution in [-0.4, -0.2) is 10.2 Å². The van der Waals surface area contributed by atoms with E-state index in [1.165, 1.54) is 11.1 Å². The van der Waals surface area contributed by atoms with Crippen LogP contribution in [0.3, 0.4) is 0 Å². The molecule has 2 heterocycles. The molecule has 0 fully saturated rings. The molecule has 2 aromatic rings. The Labute approximate surface area is 105 Å². The molecule has 0 aliphatic carbocycles. The molecule has 0 bridgehead atoms. The molecular formula is C13H15N3S. The van der Waals surface area contributed by atoms with Gasteiger partial charge >= 0.3 is 0 Å². The topological polar surface area (TPSA) is 29.0 Å². The van der Waals surface area contributed by atoms with E-state index >= 15 is 0 Å². The third-order valence-corrected chi connectivity index (χ3v) is 4.32. The van der Waals surface area contributed by atoms with E-state index in [0.717, 1.165) is 23.2 Å². The van der Waals surface area contributed by atoms with E-state index in [0.29, 0.717) is 5.92 Å². The van der Waals surface area contributed by atoms with Crippen molar-refractivity contribution < 1.29 is 0 Å². The molecule has 1 aliphatic rings. The van der Waals surface area contributed by atoms with Gasteiger partial charge in [-0.05, 0) is 11.1 Å². The Kier molecular flexibility index (Phi) is 2.59. The molecule has 4 heteroatoms. The molecule has 3 nitrogen and oxygen atoms in total. The van der Waals surface area contributed by atoms with Gasteiger partial charge in [0, 0.05) is 19.0 Å². The van der Waals surface area contributed by atoms with Gasteiger partial charge in [0.05, 0.1) is 0 Å². The first-order chi connectivity index (χ1) is 8.24. The summed E-state index contributed by atoms with van der Waals surface area (Å²) in [5, 5.41) is 10.7. The van der Waals surface area contributed by atoms with E-state index in [1.54, 1.807) is 11.3 Å². The Balaban J connectivity index is 1.84. The summed E-state index contributed by atoms with van der Waals surface area (Å²) in [4.78, 5) is 2.30. The summed E-state index contributed by atoms with van der Waals surface area (Å²) in [6, 6.07) is 8.59. The first-order valence-electron chi connectivity index (χ1n) is 5.89. The van der Waals surface area contributed by atoms with Gasteiger partial charge in [0.25, 0.3) is 0 Å². The number of hydrogen-bond acceptors (Lipinski definition) is 4. The fourth-order valence-electron chi connectivity index (χ4n) is 2.06. The first kappa shape index (κ1) is 10.7. The van der Waals surface area contributed by atoms with Crippen molar-refractivity contribution in [3.05, 3.63) is 40.4 Å². The van der Waals surface area contributed by atoms with Crippen molar-refractivity contribution in [2.75, 3.05) is 4.90 Å². The maximum Gasteiger partial charge on any atom is 0.208 e. The normalized spacial score (nSPS) is 14.4. The first-order valence-corrected chi connectivity index (χ1v) is 6.71. The standard InChI is InChI=1S/C13H15N3S/c1-9(2)12-14-15-13(17-12)16-7-10-5-3-4-6-11(10)8-16/h3-6,9H,7-8H2,1-2H3. The van der Waals surface area contributed by atoms with Crippen LogP contribution in [0.15, 0.2) is 24.3 Å². The van der Waals surface area contributed by atoms with E-state index < -0.39 is 0 Å². The smallest absolute Gasteiger partial charge is 0.208 e. The van der Waals surface area contributed by atoms with Crippen LogP contribution in [0.5, 0.6) is 0 Å². The zero-order valence-corrected chi connectivity index (χ0v) is 10.9. The van der Waals surface area contributed by atoms with Crippen molar-refractivity contribution in [3.63, 3.8) is 0 Å². The predicted octanol–water partition coefficient (Wildman–Crippen LogP) is 3.18. The molecular weight excluding hydrogens is 230 g/mol. The second-order valence-corrected chi connectivity index (χ2v) is 5.69. The third kappa shape index (κ3) is 1.93. The summed E-state index contributed by atoms with van der Waals surface area (Å²) in [5.41, 5.74) is 2.82. The highest BCUT2D eigenvalue weighted by Gasteiger charge is 2.21. The molecule has 0 saturated carbocycles. The highest BCUT2D eigenvalue weighted by Crippen LogP contribution is 2.31. The summed E-state index contributed by atoms with van der Waals surface area (Å²) in [6.07, 6.45) is 0. The Morgan fingerprint density at radius 3 is 2.29 bits per heavy atom. The van der Waals surface area contributed by atoms with Crippen LogP contribution in [0, 0.1) is 0 Å². The second-order valence-electron chi connectivity index (χ2n) is 4.70. The molecule has 1 aliphatic heterocycles. The van der Waals surface area contributed by atoms with Crippen LogP contribution in [0.4, 0.5) is 5.13 Å². The Bertz CT molecular complexity index is 508. The molecule has 88 valence electrons. The maximum absolute atomic E-state index is 4.30. The monoisotopic (exact) mass is 245 g/mol. The van der Waals surface area contributed by atoms with Gasteiger partial charge < -0.3 is 4.90 Å². The van der Waals surface area contributed by atoms with Crippen molar-refractivity contribution >= 4 is 16.5 Å². The average molecular weight is 245 g/mol. The molecule has 0 unspecified atom stereocenters. The van der Waals surface area contributed by atoms with Crippen molar-refractivity contribution in [2.24, 2.45) is 0 Å². The maximum atomic E-state index is 4.30. The number of anilines is 1. The second kappa shape index (κ2) is 4.11. The summed E-state index contributed by atoms with van der Waals surface area (Å²) in [7, 11) is 0. The summed E-state index contributed by atoms with van der Waals surface area (Å²) >= 11 is 1.71.